The first kappa shape index (κ1) is 24.0. The summed E-state index contributed by atoms with van der Waals surface area (Å²) in [5.74, 6) is 0.905. The number of sulfone groups is 1. The summed E-state index contributed by atoms with van der Waals surface area (Å²) in [7, 11) is -3.25. The van der Waals surface area contributed by atoms with Crippen molar-refractivity contribution in [2.24, 2.45) is 5.92 Å². The number of nitrogens with zero attached hydrogens (tertiary/aromatic N) is 2. The third kappa shape index (κ3) is 7.17. The molecular weight excluding hydrogens is 416 g/mol. The van der Waals surface area contributed by atoms with Gasteiger partial charge in [-0.15, -0.1) is 0 Å². The molecule has 0 radical (unpaired) electrons. The maximum Gasteiger partial charge on any atom is 0.410 e. The second-order valence-electron chi connectivity index (χ2n) is 9.92. The summed E-state index contributed by atoms with van der Waals surface area (Å²) in [6.45, 7) is 7.88. The van der Waals surface area contributed by atoms with Crippen LogP contribution in [0.15, 0.2) is 23.4 Å². The van der Waals surface area contributed by atoms with E-state index in [1.54, 1.807) is 17.2 Å². The number of aromatic nitrogens is 1. The lowest BCUT2D eigenvalue weighted by atomic mass is 9.83. The van der Waals surface area contributed by atoms with Crippen LogP contribution in [0.5, 0.6) is 0 Å². The molecule has 2 aliphatic rings. The number of piperidine rings is 1. The standard InChI is InChI=1S/C23H36N2O5S/c1-23(2,3)30-22(26)25-13-11-17(12-14-25)16-29-20-8-5-18(6-9-20)19-7-10-21(24-15-19)31(4,27)28/h7,10,15,17-18,20H,5-6,8-9,11-14,16H2,1-4H3/t18-,20+. The van der Waals surface area contributed by atoms with E-state index in [0.29, 0.717) is 11.8 Å². The van der Waals surface area contributed by atoms with Crippen molar-refractivity contribution < 1.29 is 22.7 Å². The fourth-order valence-electron chi connectivity index (χ4n) is 4.30. The van der Waals surface area contributed by atoms with Gasteiger partial charge in [0.1, 0.15) is 5.60 Å². The number of hydrogen-bond donors (Lipinski definition) is 0. The van der Waals surface area contributed by atoms with Crippen molar-refractivity contribution in [3.8, 4) is 0 Å². The highest BCUT2D eigenvalue weighted by Crippen LogP contribution is 2.34. The number of likely N-dealkylation sites (tertiary alicyclic amines) is 1. The largest absolute Gasteiger partial charge is 0.444 e. The highest BCUT2D eigenvalue weighted by molar-refractivity contribution is 7.90. The van der Waals surface area contributed by atoms with Gasteiger partial charge in [-0.05, 0) is 82.8 Å². The van der Waals surface area contributed by atoms with Gasteiger partial charge in [-0.25, -0.2) is 18.2 Å². The highest BCUT2D eigenvalue weighted by Gasteiger charge is 2.28. The van der Waals surface area contributed by atoms with Crippen molar-refractivity contribution in [1.82, 2.24) is 9.88 Å². The van der Waals surface area contributed by atoms with Crippen LogP contribution in [0.4, 0.5) is 4.79 Å². The van der Waals surface area contributed by atoms with E-state index in [1.807, 2.05) is 26.8 Å². The predicted molar refractivity (Wildman–Crippen MR) is 119 cm³/mol. The fourth-order valence-corrected chi connectivity index (χ4v) is 4.86. The molecule has 0 aromatic carbocycles. The van der Waals surface area contributed by atoms with E-state index in [4.69, 9.17) is 9.47 Å². The predicted octanol–water partition coefficient (Wildman–Crippen LogP) is 4.18. The monoisotopic (exact) mass is 452 g/mol. The Labute approximate surface area is 186 Å². The molecule has 1 aromatic heterocycles. The highest BCUT2D eigenvalue weighted by atomic mass is 32.2. The van der Waals surface area contributed by atoms with E-state index >= 15 is 0 Å². The van der Waals surface area contributed by atoms with E-state index < -0.39 is 15.4 Å². The average Bonchev–Trinajstić information content (AvgIpc) is 2.71. The fraction of sp³-hybridized carbons (Fsp3) is 0.739. The molecule has 1 aromatic rings. The van der Waals surface area contributed by atoms with Gasteiger partial charge in [0, 0.05) is 32.1 Å². The molecule has 1 aliphatic carbocycles. The van der Waals surface area contributed by atoms with Crippen molar-refractivity contribution in [3.63, 3.8) is 0 Å². The molecule has 0 bridgehead atoms. The van der Waals surface area contributed by atoms with Crippen molar-refractivity contribution in [3.05, 3.63) is 23.9 Å². The van der Waals surface area contributed by atoms with Crippen LogP contribution in [0.2, 0.25) is 0 Å². The molecule has 7 nitrogen and oxygen atoms in total. The quantitative estimate of drug-likeness (QED) is 0.666. The Balaban J connectivity index is 1.37. The molecule has 1 saturated heterocycles. The molecule has 2 fully saturated rings. The van der Waals surface area contributed by atoms with E-state index in [-0.39, 0.29) is 17.2 Å². The molecule has 8 heteroatoms. The summed E-state index contributed by atoms with van der Waals surface area (Å²) in [4.78, 5) is 18.1. The van der Waals surface area contributed by atoms with Crippen LogP contribution in [0.3, 0.4) is 0 Å². The summed E-state index contributed by atoms with van der Waals surface area (Å²) in [6.07, 6.45) is 8.93. The Morgan fingerprint density at radius 2 is 1.74 bits per heavy atom. The SMILES string of the molecule is CC(C)(C)OC(=O)N1CCC(CO[C@H]2CC[C@@H](c3ccc(S(C)(=O)=O)nc3)CC2)CC1. The van der Waals surface area contributed by atoms with Crippen molar-refractivity contribution in [1.29, 1.82) is 0 Å². The maximum atomic E-state index is 12.2. The Morgan fingerprint density at radius 1 is 1.10 bits per heavy atom. The number of rotatable bonds is 5. The summed E-state index contributed by atoms with van der Waals surface area (Å²) >= 11 is 0. The van der Waals surface area contributed by atoms with Crippen LogP contribution in [0, 0.1) is 5.92 Å². The Morgan fingerprint density at radius 3 is 2.26 bits per heavy atom. The first-order chi connectivity index (χ1) is 14.5. The molecule has 174 valence electrons. The second kappa shape index (κ2) is 9.86. The summed E-state index contributed by atoms with van der Waals surface area (Å²) in [5.41, 5.74) is 0.655. The van der Waals surface area contributed by atoms with Crippen LogP contribution in [-0.4, -0.2) is 62.1 Å². The van der Waals surface area contributed by atoms with Gasteiger partial charge < -0.3 is 14.4 Å². The van der Waals surface area contributed by atoms with E-state index in [0.717, 1.165) is 63.8 Å². The van der Waals surface area contributed by atoms with Crippen LogP contribution < -0.4 is 0 Å². The lowest BCUT2D eigenvalue weighted by Gasteiger charge is -2.34. The molecule has 3 rings (SSSR count). The summed E-state index contributed by atoms with van der Waals surface area (Å²) in [6, 6.07) is 3.50. The minimum atomic E-state index is -3.25. The second-order valence-corrected chi connectivity index (χ2v) is 11.9. The molecule has 1 aliphatic heterocycles. The normalized spacial score (nSPS) is 23.5. The average molecular weight is 453 g/mol. The van der Waals surface area contributed by atoms with Gasteiger partial charge in [-0.3, -0.25) is 0 Å². The van der Waals surface area contributed by atoms with Crippen molar-refractivity contribution in [2.45, 2.75) is 81.9 Å². The van der Waals surface area contributed by atoms with Crippen molar-refractivity contribution >= 4 is 15.9 Å². The number of carbonyl (C=O) groups is 1. The molecule has 2 heterocycles. The zero-order chi connectivity index (χ0) is 22.6. The van der Waals surface area contributed by atoms with E-state index in [9.17, 15) is 13.2 Å². The van der Waals surface area contributed by atoms with Crippen LogP contribution in [0.25, 0.3) is 0 Å². The Bertz CT molecular complexity index is 832. The number of pyridine rings is 1. The summed E-state index contributed by atoms with van der Waals surface area (Å²) in [5, 5.41) is 0.131. The van der Waals surface area contributed by atoms with E-state index in [1.165, 1.54) is 6.26 Å². The number of hydrogen-bond acceptors (Lipinski definition) is 6. The molecule has 0 spiro atoms. The van der Waals surface area contributed by atoms with Gasteiger partial charge in [-0.1, -0.05) is 6.07 Å². The maximum absolute atomic E-state index is 12.2. The van der Waals surface area contributed by atoms with Gasteiger partial charge in [0.2, 0.25) is 0 Å². The molecule has 1 amide bonds. The number of carbonyl (C=O) groups excluding carboxylic acids is 1. The number of ether oxygens (including phenoxy) is 2. The molecular formula is C23H36N2O5S. The molecule has 0 unspecified atom stereocenters. The van der Waals surface area contributed by atoms with Gasteiger partial charge in [0.05, 0.1) is 6.10 Å². The first-order valence-corrected chi connectivity index (χ1v) is 13.2. The smallest absolute Gasteiger partial charge is 0.410 e. The van der Waals surface area contributed by atoms with Gasteiger partial charge in [0.25, 0.3) is 0 Å². The minimum Gasteiger partial charge on any atom is -0.444 e. The van der Waals surface area contributed by atoms with Crippen LogP contribution in [0.1, 0.15) is 70.8 Å². The molecule has 0 atom stereocenters. The van der Waals surface area contributed by atoms with Gasteiger partial charge >= 0.3 is 6.09 Å². The zero-order valence-electron chi connectivity index (χ0n) is 19.2. The Hall–Kier alpha value is -1.67. The van der Waals surface area contributed by atoms with Crippen LogP contribution >= 0.6 is 0 Å². The zero-order valence-corrected chi connectivity index (χ0v) is 20.0. The van der Waals surface area contributed by atoms with Crippen molar-refractivity contribution in [2.75, 3.05) is 26.0 Å². The lowest BCUT2D eigenvalue weighted by Crippen LogP contribution is -2.42. The summed E-state index contributed by atoms with van der Waals surface area (Å²) < 4.78 is 34.8. The number of amides is 1. The van der Waals surface area contributed by atoms with Crippen LogP contribution in [-0.2, 0) is 19.3 Å². The Kier molecular flexibility index (Phi) is 7.63. The molecule has 31 heavy (non-hydrogen) atoms. The minimum absolute atomic E-state index is 0.131. The van der Waals surface area contributed by atoms with E-state index in [2.05, 4.69) is 4.98 Å². The topological polar surface area (TPSA) is 85.8 Å². The third-order valence-electron chi connectivity index (χ3n) is 6.12. The van der Waals surface area contributed by atoms with Gasteiger partial charge in [0.15, 0.2) is 14.9 Å². The lowest BCUT2D eigenvalue weighted by molar-refractivity contribution is -0.0143. The van der Waals surface area contributed by atoms with Gasteiger partial charge in [-0.2, -0.15) is 0 Å². The third-order valence-corrected chi connectivity index (χ3v) is 7.12. The molecule has 1 saturated carbocycles. The molecule has 0 N–H and O–H groups in total. The first-order valence-electron chi connectivity index (χ1n) is 11.3.